The number of fused-ring (bicyclic) bond motifs is 1. The molecule has 6 nitrogen and oxygen atoms in total. The van der Waals surface area contributed by atoms with Crippen molar-refractivity contribution in [2.24, 2.45) is 5.92 Å². The molecule has 0 saturated carbocycles. The van der Waals surface area contributed by atoms with Crippen LogP contribution in [0.3, 0.4) is 0 Å². The Morgan fingerprint density at radius 1 is 1.28 bits per heavy atom. The number of rotatable bonds is 5. The fourth-order valence-corrected chi connectivity index (χ4v) is 2.05. The van der Waals surface area contributed by atoms with Gasteiger partial charge in [0.05, 0.1) is 6.33 Å². The molecule has 2 heterocycles. The highest BCUT2D eigenvalue weighted by atomic mass is 15.2. The predicted molar refractivity (Wildman–Crippen MR) is 73.8 cm³/mol. The minimum absolute atomic E-state index is 0.358. The maximum atomic E-state index is 4.43. The number of nitrogens with one attached hydrogen (secondary N) is 3. The van der Waals surface area contributed by atoms with Crippen molar-refractivity contribution in [1.29, 1.82) is 0 Å². The van der Waals surface area contributed by atoms with Gasteiger partial charge < -0.3 is 15.6 Å². The monoisotopic (exact) mass is 248 g/mol. The van der Waals surface area contributed by atoms with Crippen LogP contribution in [-0.2, 0) is 0 Å². The van der Waals surface area contributed by atoms with Gasteiger partial charge in [0.25, 0.3) is 0 Å². The molecule has 2 rings (SSSR count). The number of anilines is 2. The van der Waals surface area contributed by atoms with E-state index in [9.17, 15) is 0 Å². The molecular formula is C12H20N6. The number of aromatic amines is 1. The van der Waals surface area contributed by atoms with Crippen LogP contribution in [0.15, 0.2) is 6.33 Å². The summed E-state index contributed by atoms with van der Waals surface area (Å²) in [6.07, 6.45) is 2.73. The van der Waals surface area contributed by atoms with Crippen molar-refractivity contribution in [2.45, 2.75) is 33.2 Å². The first-order valence-corrected chi connectivity index (χ1v) is 6.25. The Morgan fingerprint density at radius 2 is 2.06 bits per heavy atom. The largest absolute Gasteiger partial charge is 0.366 e. The number of hydrogen-bond donors (Lipinski definition) is 3. The third-order valence-corrected chi connectivity index (χ3v) is 2.72. The molecule has 2 aromatic rings. The highest BCUT2D eigenvalue weighted by Gasteiger charge is 2.12. The standard InChI is InChI=1S/C12H20N6/c1-7(2)5-8(3)16-11-9-10(15-6-14-9)17-12(13-4)18-11/h6-8H,5H2,1-4H3,(H3,13,14,15,16,17,18). The maximum absolute atomic E-state index is 4.43. The highest BCUT2D eigenvalue weighted by Crippen LogP contribution is 2.20. The molecule has 0 spiro atoms. The smallest absolute Gasteiger partial charge is 0.226 e. The second-order valence-electron chi connectivity index (χ2n) is 4.92. The van der Waals surface area contributed by atoms with E-state index in [1.54, 1.807) is 13.4 Å². The zero-order chi connectivity index (χ0) is 13.1. The second kappa shape index (κ2) is 5.20. The fourth-order valence-electron chi connectivity index (χ4n) is 2.05. The minimum Gasteiger partial charge on any atom is -0.366 e. The van der Waals surface area contributed by atoms with Crippen LogP contribution in [-0.4, -0.2) is 33.0 Å². The molecule has 6 heteroatoms. The van der Waals surface area contributed by atoms with Gasteiger partial charge in [0.15, 0.2) is 11.5 Å². The quantitative estimate of drug-likeness (QED) is 0.756. The van der Waals surface area contributed by atoms with Gasteiger partial charge in [-0.2, -0.15) is 9.97 Å². The molecule has 1 atom stereocenters. The summed E-state index contributed by atoms with van der Waals surface area (Å²) in [4.78, 5) is 16.0. The Morgan fingerprint density at radius 3 is 2.72 bits per heavy atom. The Bertz CT molecular complexity index is 518. The summed E-state index contributed by atoms with van der Waals surface area (Å²) >= 11 is 0. The minimum atomic E-state index is 0.358. The van der Waals surface area contributed by atoms with Crippen molar-refractivity contribution < 1.29 is 0 Å². The molecule has 0 saturated heterocycles. The van der Waals surface area contributed by atoms with Crippen LogP contribution in [0.2, 0.25) is 0 Å². The first kappa shape index (κ1) is 12.6. The zero-order valence-corrected chi connectivity index (χ0v) is 11.3. The summed E-state index contributed by atoms with van der Waals surface area (Å²) in [7, 11) is 1.80. The molecule has 0 aromatic carbocycles. The molecule has 1 unspecified atom stereocenters. The van der Waals surface area contributed by atoms with Crippen molar-refractivity contribution in [3.05, 3.63) is 6.33 Å². The topological polar surface area (TPSA) is 78.5 Å². The van der Waals surface area contributed by atoms with Gasteiger partial charge in [0.1, 0.15) is 5.52 Å². The lowest BCUT2D eigenvalue weighted by Gasteiger charge is -2.17. The van der Waals surface area contributed by atoms with Gasteiger partial charge in [0.2, 0.25) is 5.95 Å². The lowest BCUT2D eigenvalue weighted by molar-refractivity contribution is 0.539. The molecule has 0 amide bonds. The van der Waals surface area contributed by atoms with Gasteiger partial charge in [0, 0.05) is 13.1 Å². The Labute approximate surface area is 107 Å². The fraction of sp³-hybridized carbons (Fsp3) is 0.583. The first-order valence-electron chi connectivity index (χ1n) is 6.25. The van der Waals surface area contributed by atoms with Crippen molar-refractivity contribution in [2.75, 3.05) is 17.7 Å². The third-order valence-electron chi connectivity index (χ3n) is 2.72. The van der Waals surface area contributed by atoms with Gasteiger partial charge in [-0.15, -0.1) is 0 Å². The summed E-state index contributed by atoms with van der Waals surface area (Å²) in [5.41, 5.74) is 1.53. The van der Waals surface area contributed by atoms with E-state index in [0.717, 1.165) is 17.8 Å². The number of imidazole rings is 1. The molecule has 18 heavy (non-hydrogen) atoms. The molecular weight excluding hydrogens is 228 g/mol. The maximum Gasteiger partial charge on any atom is 0.226 e. The van der Waals surface area contributed by atoms with Crippen LogP contribution in [0.5, 0.6) is 0 Å². The Kier molecular flexibility index (Phi) is 3.64. The van der Waals surface area contributed by atoms with E-state index in [-0.39, 0.29) is 0 Å². The van der Waals surface area contributed by atoms with Crippen LogP contribution in [0, 0.1) is 5.92 Å². The van der Waals surface area contributed by atoms with E-state index in [1.165, 1.54) is 0 Å². The molecule has 2 aromatic heterocycles. The van der Waals surface area contributed by atoms with Crippen LogP contribution in [0.4, 0.5) is 11.8 Å². The van der Waals surface area contributed by atoms with Crippen molar-refractivity contribution in [3.8, 4) is 0 Å². The van der Waals surface area contributed by atoms with E-state index in [0.29, 0.717) is 23.6 Å². The predicted octanol–water partition coefficient (Wildman–Crippen LogP) is 2.24. The van der Waals surface area contributed by atoms with E-state index in [2.05, 4.69) is 51.3 Å². The lowest BCUT2D eigenvalue weighted by Crippen LogP contribution is -2.19. The van der Waals surface area contributed by atoms with E-state index in [1.807, 2.05) is 0 Å². The molecule has 0 aliphatic heterocycles. The number of hydrogen-bond acceptors (Lipinski definition) is 5. The summed E-state index contributed by atoms with van der Waals surface area (Å²) in [6, 6.07) is 0.358. The van der Waals surface area contributed by atoms with E-state index in [4.69, 9.17) is 0 Å². The molecule has 0 bridgehead atoms. The molecule has 0 aliphatic carbocycles. The number of nitrogens with zero attached hydrogens (tertiary/aromatic N) is 3. The van der Waals surface area contributed by atoms with Gasteiger partial charge in [-0.25, -0.2) is 4.98 Å². The van der Waals surface area contributed by atoms with Crippen molar-refractivity contribution >= 4 is 22.9 Å². The van der Waals surface area contributed by atoms with Gasteiger partial charge >= 0.3 is 0 Å². The molecule has 3 N–H and O–H groups in total. The number of H-pyrrole nitrogens is 1. The van der Waals surface area contributed by atoms with Crippen LogP contribution in [0.1, 0.15) is 27.2 Å². The van der Waals surface area contributed by atoms with E-state index >= 15 is 0 Å². The van der Waals surface area contributed by atoms with Crippen LogP contribution >= 0.6 is 0 Å². The summed E-state index contributed by atoms with van der Waals surface area (Å²) in [5.74, 6) is 2.03. The first-order chi connectivity index (χ1) is 8.60. The summed E-state index contributed by atoms with van der Waals surface area (Å²) in [6.45, 7) is 6.58. The van der Waals surface area contributed by atoms with Gasteiger partial charge in [-0.05, 0) is 19.3 Å². The average Bonchev–Trinajstić information content (AvgIpc) is 2.75. The zero-order valence-electron chi connectivity index (χ0n) is 11.3. The highest BCUT2D eigenvalue weighted by molar-refractivity contribution is 5.83. The molecule has 98 valence electrons. The van der Waals surface area contributed by atoms with Crippen molar-refractivity contribution in [1.82, 2.24) is 19.9 Å². The lowest BCUT2D eigenvalue weighted by atomic mass is 10.1. The van der Waals surface area contributed by atoms with Gasteiger partial charge in [-0.1, -0.05) is 13.8 Å². The Hall–Kier alpha value is -1.85. The SMILES string of the molecule is CNc1nc(NC(C)CC(C)C)c2[nH]cnc2n1. The van der Waals surface area contributed by atoms with Crippen molar-refractivity contribution in [3.63, 3.8) is 0 Å². The van der Waals surface area contributed by atoms with Gasteiger partial charge in [-0.3, -0.25) is 0 Å². The second-order valence-corrected chi connectivity index (χ2v) is 4.92. The summed E-state index contributed by atoms with van der Waals surface area (Å²) < 4.78 is 0. The Balaban J connectivity index is 2.28. The molecule has 0 aliphatic rings. The number of aromatic nitrogens is 4. The van der Waals surface area contributed by atoms with Crippen LogP contribution < -0.4 is 10.6 Å². The third kappa shape index (κ3) is 2.69. The molecule has 0 radical (unpaired) electrons. The average molecular weight is 248 g/mol. The van der Waals surface area contributed by atoms with E-state index < -0.39 is 0 Å². The normalized spacial score (nSPS) is 12.9. The van der Waals surface area contributed by atoms with Crippen LogP contribution in [0.25, 0.3) is 11.2 Å². The molecule has 0 fully saturated rings. The summed E-state index contributed by atoms with van der Waals surface area (Å²) in [5, 5.41) is 6.36.